The minimum Gasteiger partial charge on any atom is -0.497 e. The number of ether oxygens (including phenoxy) is 3. The van der Waals surface area contributed by atoms with Crippen molar-refractivity contribution >= 4 is 10.8 Å². The molecule has 19 heavy (non-hydrogen) atoms. The molecule has 1 fully saturated rings. The highest BCUT2D eigenvalue weighted by Crippen LogP contribution is 2.29. The zero-order chi connectivity index (χ0) is 13.2. The van der Waals surface area contributed by atoms with Crippen molar-refractivity contribution in [3.05, 3.63) is 42.0 Å². The van der Waals surface area contributed by atoms with Gasteiger partial charge >= 0.3 is 0 Å². The summed E-state index contributed by atoms with van der Waals surface area (Å²) >= 11 is 0. The molecule has 0 N–H and O–H groups in total. The molecule has 1 saturated heterocycles. The van der Waals surface area contributed by atoms with Gasteiger partial charge in [0.2, 0.25) is 0 Å². The zero-order valence-electron chi connectivity index (χ0n) is 11.3. The lowest BCUT2D eigenvalue weighted by molar-refractivity contribution is -0.0570. The summed E-state index contributed by atoms with van der Waals surface area (Å²) in [4.78, 5) is 0. The van der Waals surface area contributed by atoms with E-state index in [0.717, 1.165) is 5.75 Å². The van der Waals surface area contributed by atoms with Crippen molar-refractivity contribution in [2.24, 2.45) is 0 Å². The Bertz CT molecular complexity index is 573. The summed E-state index contributed by atoms with van der Waals surface area (Å²) in [5.74, 6) is 1.13. The van der Waals surface area contributed by atoms with Crippen LogP contribution in [0.25, 0.3) is 10.8 Å². The second-order valence-electron chi connectivity index (χ2n) is 4.87. The number of benzene rings is 2. The molecule has 1 heterocycles. The third kappa shape index (κ3) is 2.44. The van der Waals surface area contributed by atoms with Gasteiger partial charge in [-0.15, -0.1) is 0 Å². The Labute approximate surface area is 113 Å². The first kappa shape index (κ1) is 12.5. The minimum absolute atomic E-state index is 0.115. The summed E-state index contributed by atoms with van der Waals surface area (Å²) in [6.45, 7) is 3.53. The minimum atomic E-state index is -0.115. The fourth-order valence-corrected chi connectivity index (χ4v) is 2.47. The monoisotopic (exact) mass is 258 g/mol. The fraction of sp³-hybridized carbons (Fsp3) is 0.375. The van der Waals surface area contributed by atoms with Gasteiger partial charge in [-0.2, -0.15) is 0 Å². The van der Waals surface area contributed by atoms with Gasteiger partial charge in [0.1, 0.15) is 5.75 Å². The Morgan fingerprint density at radius 1 is 1.05 bits per heavy atom. The van der Waals surface area contributed by atoms with Crippen LogP contribution < -0.4 is 4.74 Å². The molecule has 1 atom stereocenters. The molecule has 0 amide bonds. The van der Waals surface area contributed by atoms with Gasteiger partial charge in [-0.3, -0.25) is 0 Å². The highest BCUT2D eigenvalue weighted by molar-refractivity contribution is 5.84. The van der Waals surface area contributed by atoms with Gasteiger partial charge in [0, 0.05) is 5.92 Å². The van der Waals surface area contributed by atoms with Crippen LogP contribution in [-0.4, -0.2) is 26.6 Å². The topological polar surface area (TPSA) is 27.7 Å². The number of hydrogen-bond donors (Lipinski definition) is 0. The van der Waals surface area contributed by atoms with Gasteiger partial charge in [0.15, 0.2) is 6.29 Å². The van der Waals surface area contributed by atoms with E-state index in [1.165, 1.54) is 16.3 Å². The van der Waals surface area contributed by atoms with Crippen LogP contribution in [0.2, 0.25) is 0 Å². The lowest BCUT2D eigenvalue weighted by Gasteiger charge is -2.18. The maximum absolute atomic E-state index is 5.58. The van der Waals surface area contributed by atoms with Crippen LogP contribution in [0.15, 0.2) is 36.4 Å². The van der Waals surface area contributed by atoms with Gasteiger partial charge in [0.25, 0.3) is 0 Å². The molecule has 3 heteroatoms. The van der Waals surface area contributed by atoms with Crippen molar-refractivity contribution in [2.45, 2.75) is 19.1 Å². The zero-order valence-corrected chi connectivity index (χ0v) is 11.3. The van der Waals surface area contributed by atoms with E-state index < -0.39 is 0 Å². The highest BCUT2D eigenvalue weighted by Gasteiger charge is 2.24. The molecule has 0 radical (unpaired) electrons. The standard InChI is InChI=1S/C16H18O3/c1-11(16-18-7-8-19-16)12-3-4-14-10-15(17-2)6-5-13(14)9-12/h3-6,9-11,16H,7-8H2,1-2H3. The lowest BCUT2D eigenvalue weighted by atomic mass is 9.97. The molecule has 3 nitrogen and oxygen atoms in total. The number of hydrogen-bond acceptors (Lipinski definition) is 3. The van der Waals surface area contributed by atoms with Crippen LogP contribution in [0.4, 0.5) is 0 Å². The van der Waals surface area contributed by atoms with Crippen molar-refractivity contribution in [3.8, 4) is 5.75 Å². The van der Waals surface area contributed by atoms with Crippen molar-refractivity contribution in [2.75, 3.05) is 20.3 Å². The highest BCUT2D eigenvalue weighted by atomic mass is 16.7. The molecule has 0 bridgehead atoms. The third-order valence-electron chi connectivity index (χ3n) is 3.65. The van der Waals surface area contributed by atoms with Gasteiger partial charge < -0.3 is 14.2 Å². The lowest BCUT2D eigenvalue weighted by Crippen LogP contribution is -2.16. The summed E-state index contributed by atoms with van der Waals surface area (Å²) in [6.07, 6.45) is -0.115. The molecule has 0 aromatic heterocycles. The van der Waals surface area contributed by atoms with Crippen LogP contribution in [0, 0.1) is 0 Å². The number of rotatable bonds is 3. The van der Waals surface area contributed by atoms with Crippen LogP contribution in [0.1, 0.15) is 18.4 Å². The van der Waals surface area contributed by atoms with E-state index in [2.05, 4.69) is 31.2 Å². The SMILES string of the molecule is COc1ccc2cc(C(C)C3OCCO3)ccc2c1. The Morgan fingerprint density at radius 3 is 2.47 bits per heavy atom. The molecule has 2 aromatic carbocycles. The molecule has 0 aliphatic carbocycles. The van der Waals surface area contributed by atoms with E-state index in [-0.39, 0.29) is 12.2 Å². The fourth-order valence-electron chi connectivity index (χ4n) is 2.47. The average molecular weight is 258 g/mol. The molecule has 1 unspecified atom stereocenters. The van der Waals surface area contributed by atoms with Crippen LogP contribution in [-0.2, 0) is 9.47 Å². The van der Waals surface area contributed by atoms with E-state index in [1.807, 2.05) is 12.1 Å². The van der Waals surface area contributed by atoms with E-state index in [4.69, 9.17) is 14.2 Å². The first-order chi connectivity index (χ1) is 9.28. The quantitative estimate of drug-likeness (QED) is 0.845. The average Bonchev–Trinajstić information content (AvgIpc) is 2.99. The summed E-state index contributed by atoms with van der Waals surface area (Å²) < 4.78 is 16.4. The molecule has 3 rings (SSSR count). The maximum Gasteiger partial charge on any atom is 0.164 e. The molecule has 0 spiro atoms. The maximum atomic E-state index is 5.58. The molecular formula is C16H18O3. The molecule has 100 valence electrons. The van der Waals surface area contributed by atoms with Gasteiger partial charge in [-0.05, 0) is 28.5 Å². The number of methoxy groups -OCH3 is 1. The van der Waals surface area contributed by atoms with E-state index in [9.17, 15) is 0 Å². The Morgan fingerprint density at radius 2 is 1.74 bits per heavy atom. The summed E-state index contributed by atoms with van der Waals surface area (Å²) in [5.41, 5.74) is 1.24. The van der Waals surface area contributed by atoms with Gasteiger partial charge in [-0.1, -0.05) is 31.2 Å². The van der Waals surface area contributed by atoms with Crippen molar-refractivity contribution < 1.29 is 14.2 Å². The Kier molecular flexibility index (Phi) is 3.40. The molecule has 0 saturated carbocycles. The van der Waals surface area contributed by atoms with E-state index in [0.29, 0.717) is 13.2 Å². The summed E-state index contributed by atoms with van der Waals surface area (Å²) in [7, 11) is 1.69. The number of fused-ring (bicyclic) bond motifs is 1. The Hall–Kier alpha value is -1.58. The van der Waals surface area contributed by atoms with Crippen molar-refractivity contribution in [1.82, 2.24) is 0 Å². The van der Waals surface area contributed by atoms with Crippen LogP contribution in [0.3, 0.4) is 0 Å². The molecular weight excluding hydrogens is 240 g/mol. The van der Waals surface area contributed by atoms with Crippen LogP contribution >= 0.6 is 0 Å². The first-order valence-electron chi connectivity index (χ1n) is 6.59. The molecule has 1 aliphatic rings. The van der Waals surface area contributed by atoms with E-state index >= 15 is 0 Å². The smallest absolute Gasteiger partial charge is 0.164 e. The van der Waals surface area contributed by atoms with Gasteiger partial charge in [0.05, 0.1) is 20.3 Å². The predicted octanol–water partition coefficient (Wildman–Crippen LogP) is 3.32. The van der Waals surface area contributed by atoms with Crippen molar-refractivity contribution in [1.29, 1.82) is 0 Å². The first-order valence-corrected chi connectivity index (χ1v) is 6.59. The second-order valence-corrected chi connectivity index (χ2v) is 4.87. The third-order valence-corrected chi connectivity index (χ3v) is 3.65. The summed E-state index contributed by atoms with van der Waals surface area (Å²) in [5, 5.41) is 2.40. The largest absolute Gasteiger partial charge is 0.497 e. The second kappa shape index (κ2) is 5.19. The molecule has 1 aliphatic heterocycles. The van der Waals surface area contributed by atoms with E-state index in [1.54, 1.807) is 7.11 Å². The van der Waals surface area contributed by atoms with Crippen molar-refractivity contribution in [3.63, 3.8) is 0 Å². The normalized spacial score (nSPS) is 17.8. The Balaban J connectivity index is 1.92. The summed E-state index contributed by atoms with van der Waals surface area (Å²) in [6, 6.07) is 12.6. The van der Waals surface area contributed by atoms with Gasteiger partial charge in [-0.25, -0.2) is 0 Å². The predicted molar refractivity (Wildman–Crippen MR) is 74.6 cm³/mol. The molecule has 2 aromatic rings. The van der Waals surface area contributed by atoms with Crippen LogP contribution in [0.5, 0.6) is 5.75 Å².